The van der Waals surface area contributed by atoms with E-state index in [2.05, 4.69) is 15.9 Å². The van der Waals surface area contributed by atoms with Crippen molar-refractivity contribution in [1.29, 1.82) is 5.26 Å². The molecule has 140 valence electrons. The van der Waals surface area contributed by atoms with Crippen molar-refractivity contribution in [3.63, 3.8) is 0 Å². The molecule has 0 radical (unpaired) electrons. The molecule has 1 heterocycles. The molecule has 28 heavy (non-hydrogen) atoms. The van der Waals surface area contributed by atoms with Crippen molar-refractivity contribution in [3.05, 3.63) is 97.0 Å². The zero-order chi connectivity index (χ0) is 20.4. The molecule has 0 aliphatic rings. The zero-order valence-electron chi connectivity index (χ0n) is 14.7. The van der Waals surface area contributed by atoms with Gasteiger partial charge in [0.15, 0.2) is 5.78 Å². The Kier molecular flexibility index (Phi) is 5.43. The van der Waals surface area contributed by atoms with E-state index in [-0.39, 0.29) is 23.2 Å². The van der Waals surface area contributed by atoms with Crippen LogP contribution in [-0.2, 0) is 6.54 Å². The summed E-state index contributed by atoms with van der Waals surface area (Å²) in [4.78, 5) is 25.6. The molecule has 0 aliphatic carbocycles. The second-order valence-electron chi connectivity index (χ2n) is 6.16. The molecule has 1 N–H and O–H groups in total. The Balaban J connectivity index is 2.19. The topological polar surface area (TPSA) is 83.1 Å². The molecule has 5 nitrogen and oxygen atoms in total. The third-order valence-corrected chi connectivity index (χ3v) is 4.92. The van der Waals surface area contributed by atoms with E-state index in [1.807, 2.05) is 6.07 Å². The average molecular weight is 441 g/mol. The lowest BCUT2D eigenvalue weighted by Gasteiger charge is -2.16. The highest BCUT2D eigenvalue weighted by atomic mass is 79.9. The van der Waals surface area contributed by atoms with Gasteiger partial charge in [-0.2, -0.15) is 5.26 Å². The normalized spacial score (nSPS) is 10.5. The van der Waals surface area contributed by atoms with E-state index in [4.69, 9.17) is 0 Å². The third-order valence-electron chi connectivity index (χ3n) is 4.39. The summed E-state index contributed by atoms with van der Waals surface area (Å²) in [6, 6.07) is 13.7. The SMILES string of the molecule is Cc1c(C(=O)c2ccc(Br)cc2)c(O)n(Cc2ccc(F)cc2)c(=O)c1C#N. The van der Waals surface area contributed by atoms with Gasteiger partial charge in [0.25, 0.3) is 5.56 Å². The van der Waals surface area contributed by atoms with Gasteiger partial charge in [-0.3, -0.25) is 14.2 Å². The molecule has 0 saturated heterocycles. The number of benzene rings is 2. The molecule has 0 fully saturated rings. The number of aromatic nitrogens is 1. The van der Waals surface area contributed by atoms with Crippen LogP contribution in [0.3, 0.4) is 0 Å². The Morgan fingerprint density at radius 1 is 1.18 bits per heavy atom. The van der Waals surface area contributed by atoms with Gasteiger partial charge in [0.2, 0.25) is 5.88 Å². The summed E-state index contributed by atoms with van der Waals surface area (Å²) < 4.78 is 14.9. The highest BCUT2D eigenvalue weighted by Crippen LogP contribution is 2.26. The van der Waals surface area contributed by atoms with Crippen LogP contribution in [0.1, 0.15) is 32.6 Å². The molecule has 2 aromatic carbocycles. The second-order valence-corrected chi connectivity index (χ2v) is 7.08. The Morgan fingerprint density at radius 2 is 1.79 bits per heavy atom. The Hall–Kier alpha value is -3.24. The quantitative estimate of drug-likeness (QED) is 0.623. The number of nitriles is 1. The fraction of sp³-hybridized carbons (Fsp3) is 0.0952. The van der Waals surface area contributed by atoms with Crippen LogP contribution in [0.2, 0.25) is 0 Å². The molecule has 0 amide bonds. The van der Waals surface area contributed by atoms with E-state index in [0.29, 0.717) is 11.1 Å². The first-order chi connectivity index (χ1) is 13.3. The van der Waals surface area contributed by atoms with Crippen molar-refractivity contribution in [2.24, 2.45) is 0 Å². The third kappa shape index (κ3) is 3.59. The monoisotopic (exact) mass is 440 g/mol. The van der Waals surface area contributed by atoms with E-state index in [1.165, 1.54) is 31.2 Å². The van der Waals surface area contributed by atoms with E-state index < -0.39 is 23.0 Å². The van der Waals surface area contributed by atoms with Gasteiger partial charge in [-0.25, -0.2) is 4.39 Å². The maximum Gasteiger partial charge on any atom is 0.271 e. The summed E-state index contributed by atoms with van der Waals surface area (Å²) in [6.45, 7) is 1.34. The predicted octanol–water partition coefficient (Wildman–Crippen LogP) is 3.91. The molecule has 3 rings (SSSR count). The zero-order valence-corrected chi connectivity index (χ0v) is 16.3. The molecule has 0 atom stereocenters. The van der Waals surface area contributed by atoms with E-state index in [9.17, 15) is 24.3 Å². The Bertz CT molecular complexity index is 1160. The van der Waals surface area contributed by atoms with Crippen LogP contribution in [0.25, 0.3) is 0 Å². The number of carbonyl (C=O) groups excluding carboxylic acids is 1. The van der Waals surface area contributed by atoms with Crippen molar-refractivity contribution in [2.75, 3.05) is 0 Å². The number of aromatic hydroxyl groups is 1. The molecule has 3 aromatic rings. The van der Waals surface area contributed by atoms with E-state index in [1.54, 1.807) is 24.3 Å². The smallest absolute Gasteiger partial charge is 0.271 e. The molecular weight excluding hydrogens is 427 g/mol. The lowest BCUT2D eigenvalue weighted by atomic mass is 9.97. The summed E-state index contributed by atoms with van der Waals surface area (Å²) >= 11 is 3.29. The largest absolute Gasteiger partial charge is 0.494 e. The van der Waals surface area contributed by atoms with Gasteiger partial charge < -0.3 is 5.11 Å². The lowest BCUT2D eigenvalue weighted by molar-refractivity contribution is 0.103. The van der Waals surface area contributed by atoms with Crippen molar-refractivity contribution in [3.8, 4) is 11.9 Å². The minimum atomic E-state index is -0.714. The first-order valence-electron chi connectivity index (χ1n) is 8.24. The molecule has 0 aliphatic heterocycles. The molecule has 0 bridgehead atoms. The van der Waals surface area contributed by atoms with Crippen LogP contribution in [-0.4, -0.2) is 15.5 Å². The minimum absolute atomic E-state index is 0.111. The number of hydrogen-bond acceptors (Lipinski definition) is 4. The van der Waals surface area contributed by atoms with Gasteiger partial charge in [-0.1, -0.05) is 28.1 Å². The molecule has 7 heteroatoms. The summed E-state index contributed by atoms with van der Waals surface area (Å²) in [7, 11) is 0. The van der Waals surface area contributed by atoms with Crippen molar-refractivity contribution >= 4 is 21.7 Å². The van der Waals surface area contributed by atoms with Crippen LogP contribution in [0.15, 0.2) is 57.8 Å². The first kappa shape index (κ1) is 19.5. The van der Waals surface area contributed by atoms with Crippen LogP contribution in [0.4, 0.5) is 4.39 Å². The number of pyridine rings is 1. The molecule has 0 saturated carbocycles. The van der Waals surface area contributed by atoms with Gasteiger partial charge in [-0.05, 0) is 54.4 Å². The highest BCUT2D eigenvalue weighted by Gasteiger charge is 2.25. The Labute approximate surface area is 168 Å². The molecule has 0 unspecified atom stereocenters. The summed E-state index contributed by atoms with van der Waals surface area (Å²) in [5.74, 6) is -1.47. The fourth-order valence-electron chi connectivity index (χ4n) is 2.89. The minimum Gasteiger partial charge on any atom is -0.494 e. The van der Waals surface area contributed by atoms with Gasteiger partial charge in [-0.15, -0.1) is 0 Å². The van der Waals surface area contributed by atoms with Crippen molar-refractivity contribution in [1.82, 2.24) is 4.57 Å². The number of carbonyl (C=O) groups is 1. The summed E-state index contributed by atoms with van der Waals surface area (Å²) in [5.41, 5.74) is -0.0885. The lowest BCUT2D eigenvalue weighted by Crippen LogP contribution is -2.27. The number of halogens is 2. The number of rotatable bonds is 4. The second kappa shape index (κ2) is 7.79. The standard InChI is InChI=1S/C21H14BrFN2O3/c1-12-17(10-24)20(27)25(11-13-2-8-16(23)9-3-13)21(28)18(12)19(26)14-4-6-15(22)7-5-14/h2-9,28H,11H2,1H3. The predicted molar refractivity (Wildman–Crippen MR) is 105 cm³/mol. The first-order valence-corrected chi connectivity index (χ1v) is 9.04. The van der Waals surface area contributed by atoms with Gasteiger partial charge >= 0.3 is 0 Å². The van der Waals surface area contributed by atoms with Gasteiger partial charge in [0, 0.05) is 10.0 Å². The van der Waals surface area contributed by atoms with Crippen LogP contribution in [0, 0.1) is 24.1 Å². The van der Waals surface area contributed by atoms with Crippen molar-refractivity contribution < 1.29 is 14.3 Å². The number of ketones is 1. The fourth-order valence-corrected chi connectivity index (χ4v) is 3.15. The van der Waals surface area contributed by atoms with E-state index >= 15 is 0 Å². The van der Waals surface area contributed by atoms with Gasteiger partial charge in [0.05, 0.1) is 12.1 Å². The molecule has 0 spiro atoms. The maximum atomic E-state index is 13.1. The van der Waals surface area contributed by atoms with E-state index in [0.717, 1.165) is 9.04 Å². The van der Waals surface area contributed by atoms with Crippen LogP contribution < -0.4 is 5.56 Å². The highest BCUT2D eigenvalue weighted by molar-refractivity contribution is 9.10. The summed E-state index contributed by atoms with van der Waals surface area (Å²) in [5, 5.41) is 20.1. The van der Waals surface area contributed by atoms with Gasteiger partial charge in [0.1, 0.15) is 17.4 Å². The maximum absolute atomic E-state index is 13.1. The summed E-state index contributed by atoms with van der Waals surface area (Å²) in [6.07, 6.45) is 0. The number of hydrogen-bond donors (Lipinski definition) is 1. The van der Waals surface area contributed by atoms with Crippen LogP contribution >= 0.6 is 15.9 Å². The molecular formula is C21H14BrFN2O3. The van der Waals surface area contributed by atoms with Crippen molar-refractivity contribution in [2.45, 2.75) is 13.5 Å². The Morgan fingerprint density at radius 3 is 2.36 bits per heavy atom. The number of nitrogens with zero attached hydrogens (tertiary/aromatic N) is 2. The average Bonchev–Trinajstić information content (AvgIpc) is 2.67. The van der Waals surface area contributed by atoms with Crippen LogP contribution in [0.5, 0.6) is 5.88 Å². The molecule has 1 aromatic heterocycles.